The van der Waals surface area contributed by atoms with E-state index in [2.05, 4.69) is 40.2 Å². The Labute approximate surface area is 128 Å². The summed E-state index contributed by atoms with van der Waals surface area (Å²) < 4.78 is 11.8. The van der Waals surface area contributed by atoms with Gasteiger partial charge in [-0.15, -0.1) is 0 Å². The largest absolute Gasteiger partial charge is 0.462 e. The van der Waals surface area contributed by atoms with Crippen LogP contribution in [0, 0.1) is 0 Å². The Morgan fingerprint density at radius 2 is 1.90 bits per heavy atom. The third-order valence-electron chi connectivity index (χ3n) is 3.48. The van der Waals surface area contributed by atoms with E-state index in [4.69, 9.17) is 9.47 Å². The zero-order valence-corrected chi connectivity index (χ0v) is 13.2. The van der Waals surface area contributed by atoms with Crippen molar-refractivity contribution in [1.82, 2.24) is 0 Å². The molecular weight excluding hydrogens is 320 g/mol. The number of rotatable bonds is 6. The number of aryl methyl sites for hydroxylation is 1. The lowest BCUT2D eigenvalue weighted by molar-refractivity contribution is -0.153. The van der Waals surface area contributed by atoms with Crippen LogP contribution in [-0.4, -0.2) is 25.3 Å². The van der Waals surface area contributed by atoms with Crippen LogP contribution >= 0.6 is 15.9 Å². The topological polar surface area (TPSA) is 35.5 Å². The first-order chi connectivity index (χ1) is 9.74. The first kappa shape index (κ1) is 15.5. The van der Waals surface area contributed by atoms with Crippen molar-refractivity contribution in [3.63, 3.8) is 0 Å². The van der Waals surface area contributed by atoms with Crippen molar-refractivity contribution in [3.8, 4) is 0 Å². The van der Waals surface area contributed by atoms with E-state index in [0.717, 1.165) is 36.6 Å². The van der Waals surface area contributed by atoms with Gasteiger partial charge in [0.05, 0.1) is 13.2 Å². The molecule has 0 atom stereocenters. The molecule has 0 N–H and O–H groups in total. The summed E-state index contributed by atoms with van der Waals surface area (Å²) >= 11 is 3.42. The molecule has 0 radical (unpaired) electrons. The number of ether oxygens (including phenoxy) is 2. The van der Waals surface area contributed by atoms with Crippen LogP contribution in [-0.2, 0) is 20.7 Å². The van der Waals surface area contributed by atoms with Crippen LogP contribution in [0.2, 0.25) is 0 Å². The molecule has 0 unspecified atom stereocenters. The van der Waals surface area contributed by atoms with E-state index in [9.17, 15) is 4.79 Å². The molecule has 2 rings (SSSR count). The fourth-order valence-electron chi connectivity index (χ4n) is 2.29. The molecule has 20 heavy (non-hydrogen) atoms. The number of hydrogen-bond donors (Lipinski definition) is 0. The quantitative estimate of drug-likeness (QED) is 0.582. The second-order valence-corrected chi connectivity index (χ2v) is 6.05. The summed E-state index contributed by atoms with van der Waals surface area (Å²) in [7, 11) is 0. The molecule has 0 bridgehead atoms. The van der Waals surface area contributed by atoms with Crippen LogP contribution in [0.3, 0.4) is 0 Å². The fraction of sp³-hybridized carbons (Fsp3) is 0.562. The van der Waals surface area contributed by atoms with Gasteiger partial charge in [-0.2, -0.15) is 0 Å². The number of halogens is 1. The van der Waals surface area contributed by atoms with Crippen LogP contribution in [0.4, 0.5) is 0 Å². The molecule has 0 spiro atoms. The SMILES string of the molecule is O=C(CCCCc1ccc(Br)cc1)OC1CCOCC1. The highest BCUT2D eigenvalue weighted by Crippen LogP contribution is 2.14. The first-order valence-corrected chi connectivity index (χ1v) is 8.05. The summed E-state index contributed by atoms with van der Waals surface area (Å²) in [5.41, 5.74) is 1.31. The molecule has 1 heterocycles. The van der Waals surface area contributed by atoms with Crippen molar-refractivity contribution in [3.05, 3.63) is 34.3 Å². The number of benzene rings is 1. The number of esters is 1. The minimum absolute atomic E-state index is 0.0623. The predicted molar refractivity (Wildman–Crippen MR) is 81.6 cm³/mol. The van der Waals surface area contributed by atoms with Gasteiger partial charge in [-0.25, -0.2) is 0 Å². The lowest BCUT2D eigenvalue weighted by Crippen LogP contribution is -2.26. The Hall–Kier alpha value is -0.870. The van der Waals surface area contributed by atoms with Gasteiger partial charge in [0, 0.05) is 23.7 Å². The van der Waals surface area contributed by atoms with E-state index in [1.165, 1.54) is 5.56 Å². The molecular formula is C16H21BrO3. The average molecular weight is 341 g/mol. The van der Waals surface area contributed by atoms with Crippen LogP contribution in [0.15, 0.2) is 28.7 Å². The summed E-state index contributed by atoms with van der Waals surface area (Å²) in [6, 6.07) is 8.33. The minimum Gasteiger partial charge on any atom is -0.462 e. The Kier molecular flexibility index (Phi) is 6.54. The summed E-state index contributed by atoms with van der Waals surface area (Å²) in [5.74, 6) is -0.0623. The van der Waals surface area contributed by atoms with Gasteiger partial charge in [-0.05, 0) is 37.0 Å². The maximum absolute atomic E-state index is 11.7. The normalized spacial score (nSPS) is 16.1. The van der Waals surface area contributed by atoms with Gasteiger partial charge in [0.15, 0.2) is 0 Å². The van der Waals surface area contributed by atoms with E-state index in [0.29, 0.717) is 19.6 Å². The second-order valence-electron chi connectivity index (χ2n) is 5.14. The predicted octanol–water partition coefficient (Wildman–Crippen LogP) is 3.88. The Morgan fingerprint density at radius 3 is 2.60 bits per heavy atom. The van der Waals surface area contributed by atoms with Crippen LogP contribution in [0.1, 0.15) is 37.7 Å². The summed E-state index contributed by atoms with van der Waals surface area (Å²) in [6.45, 7) is 1.42. The number of unbranched alkanes of at least 4 members (excludes halogenated alkanes) is 1. The van der Waals surface area contributed by atoms with Gasteiger partial charge in [0.25, 0.3) is 0 Å². The molecule has 1 aromatic carbocycles. The van der Waals surface area contributed by atoms with Crippen LogP contribution < -0.4 is 0 Å². The van der Waals surface area contributed by atoms with E-state index in [1.807, 2.05) is 0 Å². The summed E-state index contributed by atoms with van der Waals surface area (Å²) in [5, 5.41) is 0. The Bertz CT molecular complexity index is 410. The third-order valence-corrected chi connectivity index (χ3v) is 4.00. The van der Waals surface area contributed by atoms with Gasteiger partial charge in [0.1, 0.15) is 6.10 Å². The van der Waals surface area contributed by atoms with Gasteiger partial charge in [-0.3, -0.25) is 4.79 Å². The zero-order chi connectivity index (χ0) is 14.2. The van der Waals surface area contributed by atoms with E-state index >= 15 is 0 Å². The van der Waals surface area contributed by atoms with Gasteiger partial charge < -0.3 is 9.47 Å². The van der Waals surface area contributed by atoms with Crippen molar-refractivity contribution in [1.29, 1.82) is 0 Å². The van der Waals surface area contributed by atoms with Crippen molar-refractivity contribution in [2.45, 2.75) is 44.6 Å². The average Bonchev–Trinajstić information content (AvgIpc) is 2.46. The minimum atomic E-state index is -0.0623. The number of carbonyl (C=O) groups is 1. The highest BCUT2D eigenvalue weighted by molar-refractivity contribution is 9.10. The molecule has 3 nitrogen and oxygen atoms in total. The molecule has 1 fully saturated rings. The molecule has 110 valence electrons. The molecule has 0 amide bonds. The molecule has 0 saturated carbocycles. The molecule has 1 aromatic rings. The van der Waals surface area contributed by atoms with Crippen LogP contribution in [0.5, 0.6) is 0 Å². The van der Waals surface area contributed by atoms with Gasteiger partial charge >= 0.3 is 5.97 Å². The molecule has 4 heteroatoms. The van der Waals surface area contributed by atoms with E-state index < -0.39 is 0 Å². The van der Waals surface area contributed by atoms with Gasteiger partial charge in [0.2, 0.25) is 0 Å². The highest BCUT2D eigenvalue weighted by Gasteiger charge is 2.17. The van der Waals surface area contributed by atoms with Crippen molar-refractivity contribution in [2.75, 3.05) is 13.2 Å². The lowest BCUT2D eigenvalue weighted by Gasteiger charge is -2.22. The van der Waals surface area contributed by atoms with Crippen molar-refractivity contribution >= 4 is 21.9 Å². The lowest BCUT2D eigenvalue weighted by atomic mass is 10.1. The standard InChI is InChI=1S/C16H21BrO3/c17-14-7-5-13(6-8-14)3-1-2-4-16(18)20-15-9-11-19-12-10-15/h5-8,15H,1-4,9-12H2. The monoisotopic (exact) mass is 340 g/mol. The third kappa shape index (κ3) is 5.63. The molecule has 1 aliphatic rings. The van der Waals surface area contributed by atoms with Crippen molar-refractivity contribution < 1.29 is 14.3 Å². The zero-order valence-electron chi connectivity index (χ0n) is 11.6. The smallest absolute Gasteiger partial charge is 0.306 e. The van der Waals surface area contributed by atoms with E-state index in [1.54, 1.807) is 0 Å². The molecule has 1 aliphatic heterocycles. The molecule has 0 aromatic heterocycles. The molecule has 1 saturated heterocycles. The molecule has 0 aliphatic carbocycles. The van der Waals surface area contributed by atoms with Gasteiger partial charge in [-0.1, -0.05) is 28.1 Å². The number of hydrogen-bond acceptors (Lipinski definition) is 3. The highest BCUT2D eigenvalue weighted by atomic mass is 79.9. The summed E-state index contributed by atoms with van der Waals surface area (Å²) in [4.78, 5) is 11.7. The number of carbonyl (C=O) groups excluding carboxylic acids is 1. The Balaban J connectivity index is 1.58. The fourth-order valence-corrected chi connectivity index (χ4v) is 2.55. The Morgan fingerprint density at radius 1 is 1.20 bits per heavy atom. The second kappa shape index (κ2) is 8.42. The maximum atomic E-state index is 11.7. The van der Waals surface area contributed by atoms with E-state index in [-0.39, 0.29) is 12.1 Å². The first-order valence-electron chi connectivity index (χ1n) is 7.26. The maximum Gasteiger partial charge on any atom is 0.306 e. The van der Waals surface area contributed by atoms with Crippen molar-refractivity contribution in [2.24, 2.45) is 0 Å². The van der Waals surface area contributed by atoms with Crippen LogP contribution in [0.25, 0.3) is 0 Å². The summed E-state index contributed by atoms with van der Waals surface area (Å²) in [6.07, 6.45) is 5.19.